The van der Waals surface area contributed by atoms with Crippen LogP contribution >= 0.6 is 0 Å². The Morgan fingerprint density at radius 1 is 0.800 bits per heavy atom. The van der Waals surface area contributed by atoms with E-state index in [1.54, 1.807) is 35.1 Å². The molecular weight excluding hydrogens is 630 g/mol. The van der Waals surface area contributed by atoms with Gasteiger partial charge >= 0.3 is 0 Å². The molecule has 0 bridgehead atoms. The molecule has 0 aliphatic carbocycles. The van der Waals surface area contributed by atoms with Crippen LogP contribution in [0.3, 0.4) is 0 Å². The number of nitrogens with two attached hydrogens (primary N) is 1. The maximum Gasteiger partial charge on any atom is 0.253 e. The number of aromatic nitrogens is 1. The first-order valence-electron chi connectivity index (χ1n) is 16.5. The molecule has 3 amide bonds. The molecule has 5 aromatic rings. The zero-order valence-electron chi connectivity index (χ0n) is 28.4. The summed E-state index contributed by atoms with van der Waals surface area (Å²) in [6.07, 6.45) is 2.33. The number of hydrogen-bond acceptors (Lipinski definition) is 7. The van der Waals surface area contributed by atoms with Crippen LogP contribution in [0.15, 0.2) is 91.1 Å². The molecule has 50 heavy (non-hydrogen) atoms. The summed E-state index contributed by atoms with van der Waals surface area (Å²) in [4.78, 5) is 59.0. The van der Waals surface area contributed by atoms with Crippen LogP contribution in [0, 0.1) is 6.92 Å². The number of anilines is 2. The lowest BCUT2D eigenvalue weighted by Gasteiger charge is -2.35. The maximum absolute atomic E-state index is 13.6. The number of pyridine rings is 1. The molecule has 254 valence electrons. The number of rotatable bonds is 10. The first-order chi connectivity index (χ1) is 24.1. The standard InChI is InChI=1S/C40H39N5O5/c1-25-17-29(22-34-36(25)42-24-35(38(41)47)37(34)43-32-11-6-12-33(23-32)50-3)19-28-8-5-10-31(21-28)40(49)45-15-13-44(14-16-45)39(48)30-9-4-7-27(20-30)18-26(2)46/h4-12,17,20-24H,13-16,18-19H2,1-3H3,(H2,41,47)(H,42,43). The topological polar surface area (TPSA) is 135 Å². The molecule has 1 aliphatic heterocycles. The number of piperazine rings is 1. The van der Waals surface area contributed by atoms with Crippen LogP contribution in [0.25, 0.3) is 10.9 Å². The van der Waals surface area contributed by atoms with Gasteiger partial charge in [0, 0.05) is 67.1 Å². The molecule has 0 spiro atoms. The molecule has 0 radical (unpaired) electrons. The van der Waals surface area contributed by atoms with Crippen molar-refractivity contribution in [2.45, 2.75) is 26.7 Å². The number of hydrogen-bond donors (Lipinski definition) is 2. The number of methoxy groups -OCH3 is 1. The van der Waals surface area contributed by atoms with Gasteiger partial charge in [-0.3, -0.25) is 24.2 Å². The number of Topliss-reactive ketones (excluding diaryl/α,β-unsaturated/α-hetero) is 1. The van der Waals surface area contributed by atoms with Crippen molar-refractivity contribution < 1.29 is 23.9 Å². The van der Waals surface area contributed by atoms with E-state index in [1.807, 2.05) is 67.6 Å². The Bertz CT molecular complexity index is 2120. The van der Waals surface area contributed by atoms with Gasteiger partial charge in [-0.15, -0.1) is 0 Å². The molecular formula is C40H39N5O5. The smallest absolute Gasteiger partial charge is 0.253 e. The van der Waals surface area contributed by atoms with Gasteiger partial charge < -0.3 is 25.6 Å². The lowest BCUT2D eigenvalue weighted by Crippen LogP contribution is -2.50. The minimum Gasteiger partial charge on any atom is -0.497 e. The number of carbonyl (C=O) groups excluding carboxylic acids is 4. The van der Waals surface area contributed by atoms with Crippen LogP contribution in [-0.4, -0.2) is 71.6 Å². The van der Waals surface area contributed by atoms with Crippen LogP contribution in [0.5, 0.6) is 5.75 Å². The Labute approximate surface area is 290 Å². The van der Waals surface area contributed by atoms with Crippen molar-refractivity contribution in [3.05, 3.63) is 130 Å². The Morgan fingerprint density at radius 3 is 2.04 bits per heavy atom. The molecule has 1 aliphatic rings. The minimum atomic E-state index is -0.594. The quantitative estimate of drug-likeness (QED) is 0.194. The monoisotopic (exact) mass is 669 g/mol. The van der Waals surface area contributed by atoms with Crippen LogP contribution < -0.4 is 15.8 Å². The molecule has 0 saturated carbocycles. The number of nitrogens with one attached hydrogen (secondary N) is 1. The van der Waals surface area contributed by atoms with E-state index in [2.05, 4.69) is 16.4 Å². The zero-order valence-corrected chi connectivity index (χ0v) is 28.4. The van der Waals surface area contributed by atoms with E-state index in [9.17, 15) is 19.2 Å². The molecule has 6 rings (SSSR count). The predicted molar refractivity (Wildman–Crippen MR) is 193 cm³/mol. The van der Waals surface area contributed by atoms with E-state index in [0.717, 1.165) is 38.8 Å². The van der Waals surface area contributed by atoms with Gasteiger partial charge in [-0.05, 0) is 85.0 Å². The van der Waals surface area contributed by atoms with Gasteiger partial charge in [0.2, 0.25) is 0 Å². The number of nitrogens with zero attached hydrogens (tertiary/aromatic N) is 3. The number of ether oxygens (including phenoxy) is 1. The number of primary amides is 1. The van der Waals surface area contributed by atoms with Crippen molar-refractivity contribution in [2.75, 3.05) is 38.6 Å². The van der Waals surface area contributed by atoms with Gasteiger partial charge in [0.1, 0.15) is 11.5 Å². The molecule has 0 atom stereocenters. The Balaban J connectivity index is 1.18. The molecule has 10 heteroatoms. The second kappa shape index (κ2) is 14.6. The van der Waals surface area contributed by atoms with E-state index in [1.165, 1.54) is 13.1 Å². The van der Waals surface area contributed by atoms with Crippen LogP contribution in [-0.2, 0) is 17.6 Å². The average molecular weight is 670 g/mol. The summed E-state index contributed by atoms with van der Waals surface area (Å²) in [5.41, 5.74) is 12.9. The van der Waals surface area contributed by atoms with Crippen LogP contribution in [0.1, 0.15) is 60.3 Å². The van der Waals surface area contributed by atoms with Gasteiger partial charge in [0.05, 0.1) is 23.9 Å². The lowest BCUT2D eigenvalue weighted by atomic mass is 9.97. The van der Waals surface area contributed by atoms with E-state index in [4.69, 9.17) is 10.5 Å². The van der Waals surface area contributed by atoms with Crippen molar-refractivity contribution in [1.29, 1.82) is 0 Å². The van der Waals surface area contributed by atoms with E-state index in [0.29, 0.717) is 61.6 Å². The second-order valence-corrected chi connectivity index (χ2v) is 12.6. The normalized spacial score (nSPS) is 12.9. The molecule has 3 N–H and O–H groups in total. The van der Waals surface area contributed by atoms with E-state index < -0.39 is 5.91 Å². The number of fused-ring (bicyclic) bond motifs is 1. The van der Waals surface area contributed by atoms with Crippen molar-refractivity contribution in [1.82, 2.24) is 14.8 Å². The molecule has 1 fully saturated rings. The molecule has 1 aromatic heterocycles. The summed E-state index contributed by atoms with van der Waals surface area (Å²) in [5.74, 6) is -0.0694. The summed E-state index contributed by atoms with van der Waals surface area (Å²) < 4.78 is 5.38. The SMILES string of the molecule is COc1cccc(Nc2c(C(N)=O)cnc3c(C)cc(Cc4cccc(C(=O)N5CCN(C(=O)c6cccc(CC(C)=O)c6)CC5)c4)cc23)c1. The first-order valence-corrected chi connectivity index (χ1v) is 16.5. The van der Waals surface area contributed by atoms with Crippen molar-refractivity contribution >= 4 is 45.8 Å². The highest BCUT2D eigenvalue weighted by Gasteiger charge is 2.26. The molecule has 1 saturated heterocycles. The van der Waals surface area contributed by atoms with Crippen molar-refractivity contribution in [2.24, 2.45) is 5.73 Å². The van der Waals surface area contributed by atoms with Gasteiger partial charge in [0.25, 0.3) is 17.7 Å². The van der Waals surface area contributed by atoms with E-state index in [-0.39, 0.29) is 23.2 Å². The van der Waals surface area contributed by atoms with Crippen LogP contribution in [0.4, 0.5) is 11.4 Å². The molecule has 4 aromatic carbocycles. The first kappa shape index (κ1) is 33.9. The fraction of sp³-hybridized carbons (Fsp3) is 0.225. The fourth-order valence-electron chi connectivity index (χ4n) is 6.45. The summed E-state index contributed by atoms with van der Waals surface area (Å²) in [7, 11) is 1.60. The number of amides is 3. The van der Waals surface area contributed by atoms with Crippen molar-refractivity contribution in [3.8, 4) is 5.75 Å². The highest BCUT2D eigenvalue weighted by atomic mass is 16.5. The summed E-state index contributed by atoms with van der Waals surface area (Å²) in [6, 6.07) is 26.3. The highest BCUT2D eigenvalue weighted by molar-refractivity contribution is 6.08. The lowest BCUT2D eigenvalue weighted by molar-refractivity contribution is -0.116. The number of aryl methyl sites for hydroxylation is 1. The molecule has 2 heterocycles. The summed E-state index contributed by atoms with van der Waals surface area (Å²) in [5, 5.41) is 4.12. The number of ketones is 1. The zero-order chi connectivity index (χ0) is 35.4. The van der Waals surface area contributed by atoms with Gasteiger partial charge in [0.15, 0.2) is 0 Å². The van der Waals surface area contributed by atoms with Crippen LogP contribution in [0.2, 0.25) is 0 Å². The third-order valence-electron chi connectivity index (χ3n) is 8.89. The van der Waals surface area contributed by atoms with E-state index >= 15 is 0 Å². The third-order valence-corrected chi connectivity index (χ3v) is 8.89. The Kier molecular flexibility index (Phi) is 9.89. The second-order valence-electron chi connectivity index (χ2n) is 12.6. The summed E-state index contributed by atoms with van der Waals surface area (Å²) in [6.45, 7) is 5.19. The van der Waals surface area contributed by atoms with Gasteiger partial charge in [-0.1, -0.05) is 36.4 Å². The Hall–Kier alpha value is -6.03. The molecule has 0 unspecified atom stereocenters. The Morgan fingerprint density at radius 2 is 1.42 bits per heavy atom. The largest absolute Gasteiger partial charge is 0.497 e. The third kappa shape index (κ3) is 7.49. The minimum absolute atomic E-state index is 0.0428. The maximum atomic E-state index is 13.6. The highest BCUT2D eigenvalue weighted by Crippen LogP contribution is 2.33. The van der Waals surface area contributed by atoms with Gasteiger partial charge in [-0.25, -0.2) is 0 Å². The average Bonchev–Trinajstić information content (AvgIpc) is 3.11. The molecule has 10 nitrogen and oxygen atoms in total. The fourth-order valence-corrected chi connectivity index (χ4v) is 6.45. The summed E-state index contributed by atoms with van der Waals surface area (Å²) >= 11 is 0. The predicted octanol–water partition coefficient (Wildman–Crippen LogP) is 5.71. The van der Waals surface area contributed by atoms with Crippen molar-refractivity contribution in [3.63, 3.8) is 0 Å². The van der Waals surface area contributed by atoms with Gasteiger partial charge in [-0.2, -0.15) is 0 Å². The number of benzene rings is 4. The number of carbonyl (C=O) groups is 4.